The van der Waals surface area contributed by atoms with Gasteiger partial charge in [0, 0.05) is 20.3 Å². The molecule has 2 heterocycles. The summed E-state index contributed by atoms with van der Waals surface area (Å²) in [4.78, 5) is 52.3. The van der Waals surface area contributed by atoms with Gasteiger partial charge in [0.1, 0.15) is 36.3 Å². The Bertz CT molecular complexity index is 1370. The van der Waals surface area contributed by atoms with Crippen molar-refractivity contribution in [3.05, 3.63) is 12.2 Å². The van der Waals surface area contributed by atoms with Crippen molar-refractivity contribution in [2.24, 2.45) is 34.0 Å². The molecule has 0 amide bonds. The lowest BCUT2D eigenvalue weighted by Gasteiger charge is -2.68. The maximum absolute atomic E-state index is 14.5. The van der Waals surface area contributed by atoms with Crippen molar-refractivity contribution >= 4 is 23.7 Å². The predicted molar refractivity (Wildman–Crippen MR) is 167 cm³/mol. The molecule has 7 aliphatic rings. The molecule has 15 heteroatoms. The molecule has 0 aromatic carbocycles. The van der Waals surface area contributed by atoms with E-state index in [1.807, 2.05) is 6.92 Å². The zero-order valence-corrected chi connectivity index (χ0v) is 28.9. The molecule has 7 rings (SSSR count). The monoisotopic (exact) mass is 710 g/mol. The standard InChI is InChI=1S/C35H50O15/c1-15-11-35-10-7-21-33(4,29(35)24(42)22(15)18(39)12-35)8-6-9-34(21,5)32(44)50-31-28(47-17(3)38)27(46-16(2)37)26(20(13-36)48-31)49-30-25(43)23(41)19(40)14-45-30/h19-31,36,40-43H,1,6-14H2,2-5H3. The average Bonchev–Trinajstić information content (AvgIpc) is 3.02. The van der Waals surface area contributed by atoms with E-state index in [0.29, 0.717) is 38.5 Å². The summed E-state index contributed by atoms with van der Waals surface area (Å²) >= 11 is 0. The number of ketones is 1. The van der Waals surface area contributed by atoms with E-state index < -0.39 is 115 Å². The van der Waals surface area contributed by atoms with Gasteiger partial charge in [0.2, 0.25) is 12.4 Å². The van der Waals surface area contributed by atoms with Crippen LogP contribution in [0.5, 0.6) is 0 Å². The Hall–Kier alpha value is -2.50. The number of esters is 3. The summed E-state index contributed by atoms with van der Waals surface area (Å²) in [5.74, 6) is -3.40. The number of hydrogen-bond acceptors (Lipinski definition) is 15. The highest BCUT2D eigenvalue weighted by Gasteiger charge is 2.70. The first-order valence-corrected chi connectivity index (χ1v) is 17.5. The fraction of sp³-hybridized carbons (Fsp3) is 0.829. The van der Waals surface area contributed by atoms with Crippen molar-refractivity contribution in [2.45, 2.75) is 134 Å². The van der Waals surface area contributed by atoms with Gasteiger partial charge in [-0.05, 0) is 61.7 Å². The molecule has 7 fully saturated rings. The molecule has 16 unspecified atom stereocenters. The quantitative estimate of drug-likeness (QED) is 0.134. The van der Waals surface area contributed by atoms with Crippen LogP contribution in [0.25, 0.3) is 0 Å². The second kappa shape index (κ2) is 13.5. The highest BCUT2D eigenvalue weighted by atomic mass is 16.8. The van der Waals surface area contributed by atoms with Crippen molar-refractivity contribution in [1.29, 1.82) is 0 Å². The van der Waals surface area contributed by atoms with Crippen molar-refractivity contribution < 1.29 is 73.1 Å². The number of Topliss-reactive ketones (excluding diaryl/α,β-unsaturated/α-hetero) is 1. The van der Waals surface area contributed by atoms with E-state index in [-0.39, 0.29) is 17.6 Å². The van der Waals surface area contributed by atoms with Gasteiger partial charge >= 0.3 is 17.9 Å². The number of aliphatic hydroxyl groups excluding tert-OH is 5. The number of fused-ring (bicyclic) bond motifs is 3. The maximum atomic E-state index is 14.5. The van der Waals surface area contributed by atoms with Crippen LogP contribution in [0, 0.1) is 34.0 Å². The summed E-state index contributed by atoms with van der Waals surface area (Å²) < 4.78 is 34.4. The van der Waals surface area contributed by atoms with Crippen LogP contribution in [-0.4, -0.2) is 124 Å². The Balaban J connectivity index is 1.28. The molecule has 0 aromatic heterocycles. The van der Waals surface area contributed by atoms with Crippen LogP contribution in [0.1, 0.15) is 72.6 Å². The van der Waals surface area contributed by atoms with E-state index in [2.05, 4.69) is 13.5 Å². The molecule has 2 aliphatic heterocycles. The number of carbonyl (C=O) groups excluding carboxylic acids is 4. The van der Waals surface area contributed by atoms with Gasteiger partial charge in [0.15, 0.2) is 12.4 Å². The molecule has 5 saturated carbocycles. The Morgan fingerprint density at radius 2 is 1.56 bits per heavy atom. The van der Waals surface area contributed by atoms with Gasteiger partial charge in [-0.2, -0.15) is 0 Å². The third-order valence-electron chi connectivity index (χ3n) is 12.7. The lowest BCUT2D eigenvalue weighted by atomic mass is 9.36. The van der Waals surface area contributed by atoms with Crippen molar-refractivity contribution in [3.63, 3.8) is 0 Å². The van der Waals surface area contributed by atoms with Crippen LogP contribution in [0.3, 0.4) is 0 Å². The molecular formula is C35H50O15. The Morgan fingerprint density at radius 3 is 2.20 bits per heavy atom. The van der Waals surface area contributed by atoms with Crippen LogP contribution >= 0.6 is 0 Å². The van der Waals surface area contributed by atoms with Crippen LogP contribution in [0.15, 0.2) is 12.2 Å². The van der Waals surface area contributed by atoms with Gasteiger partial charge in [0.05, 0.1) is 30.7 Å². The minimum absolute atomic E-state index is 0.0253. The smallest absolute Gasteiger partial charge is 0.314 e. The number of rotatable bonds is 7. The molecule has 2 bridgehead atoms. The summed E-state index contributed by atoms with van der Waals surface area (Å²) in [5.41, 5.74) is -1.26. The molecule has 1 spiro atoms. The van der Waals surface area contributed by atoms with Gasteiger partial charge in [-0.15, -0.1) is 0 Å². The summed E-state index contributed by atoms with van der Waals surface area (Å²) in [6.07, 6.45) is -10.8. The van der Waals surface area contributed by atoms with Gasteiger partial charge in [-0.25, -0.2) is 0 Å². The highest BCUT2D eigenvalue weighted by Crippen LogP contribution is 2.71. The molecule has 0 aromatic rings. The van der Waals surface area contributed by atoms with E-state index in [4.69, 9.17) is 28.4 Å². The van der Waals surface area contributed by atoms with Crippen molar-refractivity contribution in [3.8, 4) is 0 Å². The largest absolute Gasteiger partial charge is 0.455 e. The van der Waals surface area contributed by atoms with E-state index in [9.17, 15) is 44.7 Å². The molecule has 5 aliphatic carbocycles. The first-order valence-electron chi connectivity index (χ1n) is 17.5. The normalized spacial score (nSPS) is 48.6. The van der Waals surface area contributed by atoms with Crippen LogP contribution in [-0.2, 0) is 47.6 Å². The lowest BCUT2D eigenvalue weighted by Crippen LogP contribution is -2.68. The molecule has 2 saturated heterocycles. The third kappa shape index (κ3) is 6.00. The van der Waals surface area contributed by atoms with Gasteiger partial charge in [-0.3, -0.25) is 19.2 Å². The Kier molecular flexibility index (Phi) is 10.0. The molecule has 0 radical (unpaired) electrons. The molecule has 15 nitrogen and oxygen atoms in total. The number of carbonyl (C=O) groups is 4. The van der Waals surface area contributed by atoms with E-state index in [0.717, 1.165) is 25.8 Å². The van der Waals surface area contributed by atoms with E-state index in [1.165, 1.54) is 0 Å². The van der Waals surface area contributed by atoms with E-state index in [1.54, 1.807) is 0 Å². The first-order chi connectivity index (χ1) is 23.5. The molecular weight excluding hydrogens is 660 g/mol. The number of hydrogen-bond donors (Lipinski definition) is 5. The van der Waals surface area contributed by atoms with E-state index >= 15 is 0 Å². The topological polar surface area (TPSA) is 225 Å². The zero-order chi connectivity index (χ0) is 36.5. The van der Waals surface area contributed by atoms with Crippen LogP contribution in [0.2, 0.25) is 0 Å². The molecule has 50 heavy (non-hydrogen) atoms. The summed E-state index contributed by atoms with van der Waals surface area (Å²) in [5, 5.41) is 52.7. The molecule has 280 valence electrons. The Labute approximate surface area is 290 Å². The van der Waals surface area contributed by atoms with Crippen LogP contribution in [0.4, 0.5) is 0 Å². The average molecular weight is 711 g/mol. The second-order valence-electron chi connectivity index (χ2n) is 15.8. The predicted octanol–water partition coefficient (Wildman–Crippen LogP) is 0.0533. The summed E-state index contributed by atoms with van der Waals surface area (Å²) in [6.45, 7) is 9.07. The lowest BCUT2D eigenvalue weighted by molar-refractivity contribution is -0.346. The van der Waals surface area contributed by atoms with Crippen molar-refractivity contribution in [2.75, 3.05) is 13.2 Å². The first kappa shape index (κ1) is 37.3. The number of ether oxygens (including phenoxy) is 6. The van der Waals surface area contributed by atoms with Gasteiger partial charge in [-0.1, -0.05) is 25.5 Å². The summed E-state index contributed by atoms with van der Waals surface area (Å²) in [7, 11) is 0. The molecule has 16 atom stereocenters. The fourth-order valence-electron chi connectivity index (χ4n) is 10.8. The van der Waals surface area contributed by atoms with Gasteiger partial charge in [0.25, 0.3) is 0 Å². The SMILES string of the molecule is C=C1CC23CCC4C(C)(C(=O)OC5OC(CO)C(OC6OCC(O)C(O)C6O)C(OC(C)=O)C5OC(C)=O)CCCC4(C)C2C(O)C1C(=O)C3. The maximum Gasteiger partial charge on any atom is 0.314 e. The molecule has 5 N–H and O–H groups in total. The summed E-state index contributed by atoms with van der Waals surface area (Å²) in [6, 6.07) is 0. The second-order valence-corrected chi connectivity index (χ2v) is 15.8. The van der Waals surface area contributed by atoms with Crippen molar-refractivity contribution in [1.82, 2.24) is 0 Å². The Morgan fingerprint density at radius 1 is 0.880 bits per heavy atom. The fourth-order valence-corrected chi connectivity index (χ4v) is 10.8. The van der Waals surface area contributed by atoms with Gasteiger partial charge < -0.3 is 54.0 Å². The number of aliphatic hydroxyl groups is 5. The highest BCUT2D eigenvalue weighted by molar-refractivity contribution is 5.88. The zero-order valence-electron chi connectivity index (χ0n) is 28.9. The minimum atomic E-state index is -1.75. The third-order valence-corrected chi connectivity index (χ3v) is 12.7. The minimum Gasteiger partial charge on any atom is -0.455 e. The van der Waals surface area contributed by atoms with Crippen LogP contribution < -0.4 is 0 Å².